The highest BCUT2D eigenvalue weighted by Gasteiger charge is 2.45. The minimum atomic E-state index is 0.0674. The number of hydrogen-bond donors (Lipinski definition) is 2. The lowest BCUT2D eigenvalue weighted by Gasteiger charge is -2.15. The van der Waals surface area contributed by atoms with E-state index in [0.717, 1.165) is 23.6 Å². The summed E-state index contributed by atoms with van der Waals surface area (Å²) in [5, 5.41) is 3.95. The van der Waals surface area contributed by atoms with E-state index in [0.29, 0.717) is 12.5 Å². The maximum Gasteiger partial charge on any atom is 0.193 e. The van der Waals surface area contributed by atoms with Gasteiger partial charge in [-0.25, -0.2) is 0 Å². The molecule has 0 saturated heterocycles. The van der Waals surface area contributed by atoms with Gasteiger partial charge in [-0.15, -0.1) is 0 Å². The fraction of sp³-hybridized carbons (Fsp3) is 0.278. The number of anilines is 1. The van der Waals surface area contributed by atoms with Crippen LogP contribution < -0.4 is 11.1 Å². The van der Waals surface area contributed by atoms with Crippen molar-refractivity contribution in [2.75, 3.05) is 11.9 Å². The summed E-state index contributed by atoms with van der Waals surface area (Å²) < 4.78 is 0. The van der Waals surface area contributed by atoms with E-state index in [2.05, 4.69) is 23.3 Å². The Morgan fingerprint density at radius 3 is 2.50 bits per heavy atom. The first-order chi connectivity index (χ1) is 10.6. The third-order valence-electron chi connectivity index (χ3n) is 4.17. The van der Waals surface area contributed by atoms with Crippen LogP contribution in [0.2, 0.25) is 5.02 Å². The van der Waals surface area contributed by atoms with Crippen molar-refractivity contribution >= 4 is 23.2 Å². The van der Waals surface area contributed by atoms with Gasteiger partial charge in [0, 0.05) is 16.1 Å². The van der Waals surface area contributed by atoms with Crippen molar-refractivity contribution in [3.8, 4) is 0 Å². The van der Waals surface area contributed by atoms with Crippen molar-refractivity contribution in [2.45, 2.75) is 25.2 Å². The molecule has 0 heterocycles. The third-order valence-corrected chi connectivity index (χ3v) is 4.50. The van der Waals surface area contributed by atoms with Crippen molar-refractivity contribution in [3.05, 3.63) is 64.7 Å². The van der Waals surface area contributed by atoms with Crippen LogP contribution in [-0.2, 0) is 5.41 Å². The summed E-state index contributed by atoms with van der Waals surface area (Å²) in [6, 6.07) is 16.1. The van der Waals surface area contributed by atoms with Crippen molar-refractivity contribution in [2.24, 2.45) is 10.7 Å². The van der Waals surface area contributed by atoms with Crippen LogP contribution in [0.5, 0.6) is 0 Å². The molecule has 0 amide bonds. The summed E-state index contributed by atoms with van der Waals surface area (Å²) >= 11 is 6.31. The molecule has 2 aromatic rings. The van der Waals surface area contributed by atoms with E-state index in [9.17, 15) is 0 Å². The second-order valence-electron chi connectivity index (χ2n) is 5.95. The quantitative estimate of drug-likeness (QED) is 0.659. The van der Waals surface area contributed by atoms with Crippen LogP contribution in [-0.4, -0.2) is 12.5 Å². The predicted molar refractivity (Wildman–Crippen MR) is 93.7 cm³/mol. The lowest BCUT2D eigenvalue weighted by atomic mass is 9.96. The molecule has 1 saturated carbocycles. The van der Waals surface area contributed by atoms with Crippen molar-refractivity contribution in [3.63, 3.8) is 0 Å². The number of rotatable bonds is 4. The molecule has 1 fully saturated rings. The maximum absolute atomic E-state index is 6.31. The van der Waals surface area contributed by atoms with Gasteiger partial charge in [0.1, 0.15) is 0 Å². The summed E-state index contributed by atoms with van der Waals surface area (Å²) in [6.07, 6.45) is 2.22. The summed E-state index contributed by atoms with van der Waals surface area (Å²) in [6.45, 7) is 2.73. The SMILES string of the molecule is Cc1ccc(NC(N)=NCC2(c3ccccc3Cl)CC2)cc1. The molecule has 0 atom stereocenters. The summed E-state index contributed by atoms with van der Waals surface area (Å²) in [7, 11) is 0. The highest BCUT2D eigenvalue weighted by molar-refractivity contribution is 6.31. The van der Waals surface area contributed by atoms with Gasteiger partial charge < -0.3 is 11.1 Å². The summed E-state index contributed by atoms with van der Waals surface area (Å²) in [4.78, 5) is 4.52. The molecule has 4 heteroatoms. The number of aliphatic imine (C=N–C) groups is 1. The molecule has 0 aromatic heterocycles. The molecule has 2 aromatic carbocycles. The number of hydrogen-bond acceptors (Lipinski definition) is 1. The van der Waals surface area contributed by atoms with Crippen LogP contribution >= 0.6 is 11.6 Å². The molecule has 0 spiro atoms. The normalized spacial score (nSPS) is 16.4. The van der Waals surface area contributed by atoms with E-state index in [-0.39, 0.29) is 5.41 Å². The van der Waals surface area contributed by atoms with Gasteiger partial charge in [-0.2, -0.15) is 0 Å². The molecule has 3 rings (SSSR count). The van der Waals surface area contributed by atoms with Gasteiger partial charge in [-0.3, -0.25) is 4.99 Å². The van der Waals surface area contributed by atoms with E-state index in [1.54, 1.807) is 0 Å². The van der Waals surface area contributed by atoms with Gasteiger partial charge in [-0.05, 0) is 43.5 Å². The minimum absolute atomic E-state index is 0.0674. The fourth-order valence-corrected chi connectivity index (χ4v) is 2.95. The number of nitrogens with two attached hydrogens (primary N) is 1. The Hall–Kier alpha value is -2.00. The number of halogens is 1. The zero-order chi connectivity index (χ0) is 15.6. The van der Waals surface area contributed by atoms with Crippen molar-refractivity contribution in [1.29, 1.82) is 0 Å². The first-order valence-corrected chi connectivity index (χ1v) is 7.85. The minimum Gasteiger partial charge on any atom is -0.370 e. The van der Waals surface area contributed by atoms with E-state index < -0.39 is 0 Å². The van der Waals surface area contributed by atoms with Gasteiger partial charge in [0.05, 0.1) is 6.54 Å². The van der Waals surface area contributed by atoms with Crippen LogP contribution in [0.3, 0.4) is 0 Å². The highest BCUT2D eigenvalue weighted by Crippen LogP contribution is 2.50. The molecule has 3 N–H and O–H groups in total. The topological polar surface area (TPSA) is 50.4 Å². The Labute approximate surface area is 136 Å². The standard InChI is InChI=1S/C18H20ClN3/c1-13-6-8-14(9-7-13)22-17(20)21-12-18(10-11-18)15-4-2-3-5-16(15)19/h2-9H,10-12H2,1H3,(H3,20,21,22). The Balaban J connectivity index is 1.68. The average molecular weight is 314 g/mol. The number of nitrogens with one attached hydrogen (secondary N) is 1. The smallest absolute Gasteiger partial charge is 0.193 e. The number of guanidine groups is 1. The van der Waals surface area contributed by atoms with Crippen LogP contribution in [0, 0.1) is 6.92 Å². The predicted octanol–water partition coefficient (Wildman–Crippen LogP) is 4.11. The second kappa shape index (κ2) is 6.01. The Bertz CT molecular complexity index is 688. The van der Waals surface area contributed by atoms with Gasteiger partial charge in [0.25, 0.3) is 0 Å². The molecule has 22 heavy (non-hydrogen) atoms. The molecule has 1 aliphatic carbocycles. The lowest BCUT2D eigenvalue weighted by Crippen LogP contribution is -2.25. The van der Waals surface area contributed by atoms with Gasteiger partial charge >= 0.3 is 0 Å². The first-order valence-electron chi connectivity index (χ1n) is 7.48. The fourth-order valence-electron chi connectivity index (χ4n) is 2.62. The molecule has 0 radical (unpaired) electrons. The van der Waals surface area contributed by atoms with Gasteiger partial charge in [0.2, 0.25) is 0 Å². The number of benzene rings is 2. The van der Waals surface area contributed by atoms with E-state index in [1.165, 1.54) is 11.1 Å². The molecule has 1 aliphatic rings. The summed E-state index contributed by atoms with van der Waals surface area (Å²) in [5.74, 6) is 0.446. The highest BCUT2D eigenvalue weighted by atomic mass is 35.5. The Kier molecular flexibility index (Phi) is 4.08. The Morgan fingerprint density at radius 2 is 1.86 bits per heavy atom. The van der Waals surface area contributed by atoms with Crippen molar-refractivity contribution in [1.82, 2.24) is 0 Å². The third kappa shape index (κ3) is 3.25. The molecule has 0 bridgehead atoms. The molecular weight excluding hydrogens is 294 g/mol. The van der Waals surface area contributed by atoms with E-state index >= 15 is 0 Å². The van der Waals surface area contributed by atoms with Crippen LogP contribution in [0.1, 0.15) is 24.0 Å². The summed E-state index contributed by atoms with van der Waals surface area (Å²) in [5.41, 5.74) is 9.42. The first kappa shape index (κ1) is 14.9. The molecule has 114 valence electrons. The number of aryl methyl sites for hydroxylation is 1. The Morgan fingerprint density at radius 1 is 1.18 bits per heavy atom. The zero-order valence-electron chi connectivity index (χ0n) is 12.6. The molecular formula is C18H20ClN3. The van der Waals surface area contributed by atoms with Gasteiger partial charge in [0.15, 0.2) is 5.96 Å². The zero-order valence-corrected chi connectivity index (χ0v) is 13.4. The number of nitrogens with zero attached hydrogens (tertiary/aromatic N) is 1. The van der Waals surface area contributed by atoms with E-state index in [4.69, 9.17) is 17.3 Å². The van der Waals surface area contributed by atoms with Crippen LogP contribution in [0.4, 0.5) is 5.69 Å². The van der Waals surface area contributed by atoms with Crippen LogP contribution in [0.15, 0.2) is 53.5 Å². The molecule has 3 nitrogen and oxygen atoms in total. The van der Waals surface area contributed by atoms with Gasteiger partial charge in [-0.1, -0.05) is 47.5 Å². The van der Waals surface area contributed by atoms with Crippen LogP contribution in [0.25, 0.3) is 0 Å². The molecule has 0 aliphatic heterocycles. The monoisotopic (exact) mass is 313 g/mol. The second-order valence-corrected chi connectivity index (χ2v) is 6.36. The maximum atomic E-state index is 6.31. The average Bonchev–Trinajstić information content (AvgIpc) is 3.29. The lowest BCUT2D eigenvalue weighted by molar-refractivity contribution is 0.706. The van der Waals surface area contributed by atoms with Crippen molar-refractivity contribution < 1.29 is 0 Å². The largest absolute Gasteiger partial charge is 0.370 e. The van der Waals surface area contributed by atoms with E-state index in [1.807, 2.05) is 42.5 Å². The molecule has 0 unspecified atom stereocenters.